The molecule has 7 heteroatoms. The van der Waals surface area contributed by atoms with E-state index in [9.17, 15) is 14.0 Å². The fourth-order valence-corrected chi connectivity index (χ4v) is 4.55. The van der Waals surface area contributed by atoms with E-state index in [2.05, 4.69) is 5.32 Å². The van der Waals surface area contributed by atoms with Crippen molar-refractivity contribution in [1.29, 1.82) is 0 Å². The van der Waals surface area contributed by atoms with E-state index in [4.69, 9.17) is 0 Å². The summed E-state index contributed by atoms with van der Waals surface area (Å²) in [4.78, 5) is 29.8. The number of carbonyl (C=O) groups excluding carboxylic acids is 2. The van der Waals surface area contributed by atoms with Crippen LogP contribution in [0.15, 0.2) is 78.9 Å². The molecule has 3 amide bonds. The number of nitrogens with one attached hydrogen (secondary N) is 1. The van der Waals surface area contributed by atoms with Crippen LogP contribution in [0.3, 0.4) is 0 Å². The van der Waals surface area contributed by atoms with Crippen molar-refractivity contribution in [3.8, 4) is 0 Å². The van der Waals surface area contributed by atoms with Crippen LogP contribution in [0.2, 0.25) is 0 Å². The first kappa shape index (κ1) is 22.7. The first-order valence-electron chi connectivity index (χ1n) is 11.7. The van der Waals surface area contributed by atoms with Gasteiger partial charge in [-0.25, -0.2) is 9.18 Å². The molecule has 35 heavy (non-hydrogen) atoms. The Labute approximate surface area is 203 Å². The largest absolute Gasteiger partial charge is 0.334 e. The molecule has 6 nitrogen and oxygen atoms in total. The lowest BCUT2D eigenvalue weighted by molar-refractivity contribution is 0.0662. The number of urea groups is 1. The van der Waals surface area contributed by atoms with Crippen LogP contribution in [0.5, 0.6) is 0 Å². The van der Waals surface area contributed by atoms with Gasteiger partial charge in [-0.05, 0) is 42.8 Å². The lowest BCUT2D eigenvalue weighted by Gasteiger charge is -2.34. The number of amides is 3. The van der Waals surface area contributed by atoms with Crippen LogP contribution < -0.4 is 5.32 Å². The van der Waals surface area contributed by atoms with E-state index in [1.54, 1.807) is 28.0 Å². The average molecular weight is 471 g/mol. The number of para-hydroxylation sites is 1. The second-order valence-electron chi connectivity index (χ2n) is 8.84. The van der Waals surface area contributed by atoms with Crippen molar-refractivity contribution < 1.29 is 14.0 Å². The molecular weight excluding hydrogens is 443 g/mol. The Morgan fingerprint density at radius 1 is 0.857 bits per heavy atom. The van der Waals surface area contributed by atoms with Crippen molar-refractivity contribution in [3.63, 3.8) is 0 Å². The Morgan fingerprint density at radius 3 is 2.34 bits per heavy atom. The van der Waals surface area contributed by atoms with Crippen LogP contribution in [0.25, 0.3) is 10.9 Å². The van der Waals surface area contributed by atoms with Crippen molar-refractivity contribution in [2.75, 3.05) is 31.5 Å². The molecule has 1 fully saturated rings. The third-order valence-corrected chi connectivity index (χ3v) is 6.44. The zero-order valence-corrected chi connectivity index (χ0v) is 19.6. The molecule has 178 valence electrons. The summed E-state index contributed by atoms with van der Waals surface area (Å²) in [5.41, 5.74) is 3.76. The minimum absolute atomic E-state index is 0.115. The van der Waals surface area contributed by atoms with Gasteiger partial charge < -0.3 is 19.7 Å². The highest BCUT2D eigenvalue weighted by Crippen LogP contribution is 2.24. The molecule has 0 atom stereocenters. The quantitative estimate of drug-likeness (QED) is 0.450. The van der Waals surface area contributed by atoms with Gasteiger partial charge in [0.2, 0.25) is 0 Å². The van der Waals surface area contributed by atoms with E-state index in [0.717, 1.165) is 22.2 Å². The van der Waals surface area contributed by atoms with Crippen LogP contribution in [0, 0.1) is 12.7 Å². The maximum atomic E-state index is 14.4. The van der Waals surface area contributed by atoms with Crippen LogP contribution in [0.4, 0.5) is 14.9 Å². The molecule has 1 aromatic heterocycles. The number of nitrogens with zero attached hydrogens (tertiary/aromatic N) is 3. The normalized spacial score (nSPS) is 13.8. The molecule has 0 unspecified atom stereocenters. The lowest BCUT2D eigenvalue weighted by Crippen LogP contribution is -2.52. The summed E-state index contributed by atoms with van der Waals surface area (Å²) in [6.45, 7) is 3.99. The number of aryl methyl sites for hydroxylation is 1. The summed E-state index contributed by atoms with van der Waals surface area (Å²) in [6, 6.07) is 23.7. The van der Waals surface area contributed by atoms with Gasteiger partial charge >= 0.3 is 6.03 Å². The highest BCUT2D eigenvalue weighted by molar-refractivity contribution is 5.99. The highest BCUT2D eigenvalue weighted by Gasteiger charge is 2.27. The molecule has 1 aliphatic heterocycles. The number of benzene rings is 3. The molecule has 0 radical (unpaired) electrons. The standard InChI is InChI=1S/C28H27FN4O2/c1-20-7-6-10-23(17-20)30-28(35)32-15-13-31(14-16-32)27(34)26-18-21-8-3-5-12-25(21)33(26)19-22-9-2-4-11-24(22)29/h2-12,17-18H,13-16,19H2,1H3,(H,30,35). The summed E-state index contributed by atoms with van der Waals surface area (Å²) in [5.74, 6) is -0.409. The first-order valence-corrected chi connectivity index (χ1v) is 11.7. The molecule has 0 bridgehead atoms. The Balaban J connectivity index is 1.32. The van der Waals surface area contributed by atoms with Gasteiger partial charge in [-0.15, -0.1) is 0 Å². The van der Waals surface area contributed by atoms with E-state index < -0.39 is 0 Å². The SMILES string of the molecule is Cc1cccc(NC(=O)N2CCN(C(=O)c3cc4ccccc4n3Cc3ccccc3F)CC2)c1. The van der Waals surface area contributed by atoms with Gasteiger partial charge in [0.05, 0.1) is 6.54 Å². The minimum atomic E-state index is -0.295. The predicted molar refractivity (Wildman–Crippen MR) is 135 cm³/mol. The number of aromatic nitrogens is 1. The van der Waals surface area contributed by atoms with Gasteiger partial charge in [-0.2, -0.15) is 0 Å². The fraction of sp³-hybridized carbons (Fsp3) is 0.214. The first-order chi connectivity index (χ1) is 17.0. The Bertz CT molecular complexity index is 1390. The van der Waals surface area contributed by atoms with E-state index in [1.807, 2.05) is 66.1 Å². The van der Waals surface area contributed by atoms with Crippen molar-refractivity contribution in [2.24, 2.45) is 0 Å². The summed E-state index contributed by atoms with van der Waals surface area (Å²) in [6.07, 6.45) is 0. The van der Waals surface area contributed by atoms with Crippen LogP contribution in [-0.4, -0.2) is 52.5 Å². The number of rotatable bonds is 4. The molecule has 4 aromatic rings. The minimum Gasteiger partial charge on any atom is -0.334 e. The smallest absolute Gasteiger partial charge is 0.321 e. The van der Waals surface area contributed by atoms with E-state index in [0.29, 0.717) is 37.4 Å². The third kappa shape index (κ3) is 4.75. The van der Waals surface area contributed by atoms with Crippen molar-refractivity contribution >= 4 is 28.5 Å². The zero-order chi connectivity index (χ0) is 24.4. The van der Waals surface area contributed by atoms with Gasteiger partial charge in [0, 0.05) is 48.3 Å². The second kappa shape index (κ2) is 9.62. The number of hydrogen-bond donors (Lipinski definition) is 1. The Morgan fingerprint density at radius 2 is 1.57 bits per heavy atom. The molecule has 1 N–H and O–H groups in total. The fourth-order valence-electron chi connectivity index (χ4n) is 4.55. The van der Waals surface area contributed by atoms with Crippen molar-refractivity contribution in [1.82, 2.24) is 14.4 Å². The Hall–Kier alpha value is -4.13. The van der Waals surface area contributed by atoms with Gasteiger partial charge in [0.1, 0.15) is 11.5 Å². The molecule has 1 saturated heterocycles. The summed E-state index contributed by atoms with van der Waals surface area (Å²) in [7, 11) is 0. The van der Waals surface area contributed by atoms with Gasteiger partial charge in [0.25, 0.3) is 5.91 Å². The highest BCUT2D eigenvalue weighted by atomic mass is 19.1. The number of fused-ring (bicyclic) bond motifs is 1. The number of halogens is 1. The maximum Gasteiger partial charge on any atom is 0.321 e. The molecule has 0 aliphatic carbocycles. The summed E-state index contributed by atoms with van der Waals surface area (Å²) in [5, 5.41) is 3.87. The van der Waals surface area contributed by atoms with E-state index in [1.165, 1.54) is 6.07 Å². The molecule has 5 rings (SSSR count). The third-order valence-electron chi connectivity index (χ3n) is 6.44. The van der Waals surface area contributed by atoms with Crippen LogP contribution in [-0.2, 0) is 6.54 Å². The monoisotopic (exact) mass is 470 g/mol. The average Bonchev–Trinajstić information content (AvgIpc) is 3.23. The molecule has 3 aromatic carbocycles. The molecule has 2 heterocycles. The molecule has 0 saturated carbocycles. The number of carbonyl (C=O) groups is 2. The van der Waals surface area contributed by atoms with E-state index >= 15 is 0 Å². The zero-order valence-electron chi connectivity index (χ0n) is 19.6. The Kier molecular flexibility index (Phi) is 6.23. The second-order valence-corrected chi connectivity index (χ2v) is 8.84. The number of anilines is 1. The number of piperazine rings is 1. The van der Waals surface area contributed by atoms with Gasteiger partial charge in [-0.3, -0.25) is 4.79 Å². The molecule has 1 aliphatic rings. The van der Waals surface area contributed by atoms with E-state index in [-0.39, 0.29) is 24.3 Å². The predicted octanol–water partition coefficient (Wildman–Crippen LogP) is 5.13. The summed E-state index contributed by atoms with van der Waals surface area (Å²) < 4.78 is 16.3. The van der Waals surface area contributed by atoms with Gasteiger partial charge in [0.15, 0.2) is 0 Å². The molecular formula is C28H27FN4O2. The topological polar surface area (TPSA) is 57.6 Å². The van der Waals surface area contributed by atoms with Crippen molar-refractivity contribution in [3.05, 3.63) is 102 Å². The molecule has 0 spiro atoms. The lowest BCUT2D eigenvalue weighted by atomic mass is 10.2. The van der Waals surface area contributed by atoms with Gasteiger partial charge in [-0.1, -0.05) is 48.5 Å². The van der Waals surface area contributed by atoms with Crippen LogP contribution >= 0.6 is 0 Å². The van der Waals surface area contributed by atoms with Crippen molar-refractivity contribution in [2.45, 2.75) is 13.5 Å². The summed E-state index contributed by atoms with van der Waals surface area (Å²) >= 11 is 0. The van der Waals surface area contributed by atoms with Crippen LogP contribution in [0.1, 0.15) is 21.6 Å². The maximum absolute atomic E-state index is 14.4. The number of hydrogen-bond acceptors (Lipinski definition) is 2.